The van der Waals surface area contributed by atoms with E-state index >= 15 is 0 Å². The van der Waals surface area contributed by atoms with Crippen LogP contribution in [0.15, 0.2) is 84.0 Å². The summed E-state index contributed by atoms with van der Waals surface area (Å²) >= 11 is 1.29. The number of hydrogen-bond acceptors (Lipinski definition) is 6. The number of aromatic nitrogens is 4. The molecule has 1 aromatic heterocycles. The maximum Gasteiger partial charge on any atom is 0.242 e. The largest absolute Gasteiger partial charge is 0.492 e. The molecule has 1 N–H and O–H groups in total. The zero-order valence-electron chi connectivity index (χ0n) is 17.8. The first kappa shape index (κ1) is 21.6. The second kappa shape index (κ2) is 10.1. The van der Waals surface area contributed by atoms with E-state index in [0.717, 1.165) is 16.8 Å². The summed E-state index contributed by atoms with van der Waals surface area (Å²) in [6, 6.07) is 24.9. The van der Waals surface area contributed by atoms with Gasteiger partial charge in [0.25, 0.3) is 0 Å². The fourth-order valence-corrected chi connectivity index (χ4v) is 4.15. The van der Waals surface area contributed by atoms with Crippen LogP contribution >= 0.6 is 11.8 Å². The molecular formula is C24H23N5O2S. The molecule has 0 saturated carbocycles. The maximum atomic E-state index is 13.3. The Morgan fingerprint density at radius 3 is 2.50 bits per heavy atom. The first-order valence-corrected chi connectivity index (χ1v) is 11.1. The molecule has 1 amide bonds. The van der Waals surface area contributed by atoms with Gasteiger partial charge in [0.05, 0.1) is 6.61 Å². The van der Waals surface area contributed by atoms with Crippen LogP contribution in [0.4, 0.5) is 5.69 Å². The zero-order chi connectivity index (χ0) is 22.3. The SMILES string of the molecule is CCOc1ccccc1-n1nnnc1SC(C(=O)Nc1ccc(C)cc1)c1ccccc1. The summed E-state index contributed by atoms with van der Waals surface area (Å²) in [6.07, 6.45) is 0. The van der Waals surface area contributed by atoms with Crippen molar-refractivity contribution in [2.45, 2.75) is 24.3 Å². The lowest BCUT2D eigenvalue weighted by Gasteiger charge is -2.17. The van der Waals surface area contributed by atoms with Crippen LogP contribution in [0.2, 0.25) is 0 Å². The van der Waals surface area contributed by atoms with Gasteiger partial charge in [-0.3, -0.25) is 4.79 Å². The molecule has 0 bridgehead atoms. The number of carbonyl (C=O) groups is 1. The number of hydrogen-bond donors (Lipinski definition) is 1. The molecule has 0 aliphatic carbocycles. The van der Waals surface area contributed by atoms with Crippen LogP contribution in [-0.2, 0) is 4.79 Å². The summed E-state index contributed by atoms with van der Waals surface area (Å²) in [4.78, 5) is 13.3. The van der Waals surface area contributed by atoms with Crippen LogP contribution < -0.4 is 10.1 Å². The highest BCUT2D eigenvalue weighted by Gasteiger charge is 2.26. The van der Waals surface area contributed by atoms with Gasteiger partial charge in [0.2, 0.25) is 11.1 Å². The number of anilines is 1. The summed E-state index contributed by atoms with van der Waals surface area (Å²) in [5.74, 6) is 0.516. The molecule has 0 aliphatic rings. The maximum absolute atomic E-state index is 13.3. The molecule has 0 aliphatic heterocycles. The Balaban J connectivity index is 1.65. The molecule has 1 unspecified atom stereocenters. The number of thioether (sulfide) groups is 1. The van der Waals surface area contributed by atoms with E-state index in [0.29, 0.717) is 23.2 Å². The van der Waals surface area contributed by atoms with Gasteiger partial charge in [0.1, 0.15) is 16.7 Å². The minimum atomic E-state index is -0.554. The molecule has 0 spiro atoms. The van der Waals surface area contributed by atoms with Crippen molar-refractivity contribution in [3.63, 3.8) is 0 Å². The van der Waals surface area contributed by atoms with Crippen LogP contribution in [0.3, 0.4) is 0 Å². The van der Waals surface area contributed by atoms with Crippen LogP contribution in [0, 0.1) is 6.92 Å². The normalized spacial score (nSPS) is 11.7. The van der Waals surface area contributed by atoms with Crippen LogP contribution in [0.1, 0.15) is 23.3 Å². The summed E-state index contributed by atoms with van der Waals surface area (Å²) in [7, 11) is 0. The molecule has 1 heterocycles. The van der Waals surface area contributed by atoms with Gasteiger partial charge in [-0.1, -0.05) is 71.9 Å². The highest BCUT2D eigenvalue weighted by Crippen LogP contribution is 2.36. The van der Waals surface area contributed by atoms with Crippen molar-refractivity contribution in [3.8, 4) is 11.4 Å². The van der Waals surface area contributed by atoms with Crippen LogP contribution in [0.25, 0.3) is 5.69 Å². The summed E-state index contributed by atoms with van der Waals surface area (Å²) < 4.78 is 7.34. The van der Waals surface area contributed by atoms with Gasteiger partial charge in [-0.25, -0.2) is 0 Å². The number of carbonyl (C=O) groups excluding carboxylic acids is 1. The number of nitrogens with zero attached hydrogens (tertiary/aromatic N) is 4. The van der Waals surface area contributed by atoms with E-state index in [9.17, 15) is 4.79 Å². The summed E-state index contributed by atoms with van der Waals surface area (Å²) in [6.45, 7) is 4.45. The van der Waals surface area contributed by atoms with E-state index in [4.69, 9.17) is 4.74 Å². The first-order valence-electron chi connectivity index (χ1n) is 10.3. The number of aryl methyl sites for hydroxylation is 1. The van der Waals surface area contributed by atoms with Crippen molar-refractivity contribution in [1.29, 1.82) is 0 Å². The van der Waals surface area contributed by atoms with Gasteiger partial charge >= 0.3 is 0 Å². The Morgan fingerprint density at radius 1 is 1.03 bits per heavy atom. The molecular weight excluding hydrogens is 422 g/mol. The Labute approximate surface area is 190 Å². The number of amides is 1. The Morgan fingerprint density at radius 2 is 1.75 bits per heavy atom. The van der Waals surface area contributed by atoms with Crippen molar-refractivity contribution >= 4 is 23.4 Å². The second-order valence-corrected chi connectivity index (χ2v) is 8.11. The van der Waals surface area contributed by atoms with E-state index < -0.39 is 5.25 Å². The van der Waals surface area contributed by atoms with Crippen molar-refractivity contribution in [2.75, 3.05) is 11.9 Å². The molecule has 0 fully saturated rings. The highest BCUT2D eigenvalue weighted by molar-refractivity contribution is 8.00. The molecule has 0 radical (unpaired) electrons. The standard InChI is InChI=1S/C24H23N5O2S/c1-3-31-21-12-8-7-11-20(21)29-24(26-27-28-29)32-22(18-9-5-4-6-10-18)23(30)25-19-15-13-17(2)14-16-19/h4-16,22H,3H2,1-2H3,(H,25,30). The number of benzene rings is 3. The fraction of sp³-hybridized carbons (Fsp3) is 0.167. The van der Waals surface area contributed by atoms with E-state index in [1.807, 2.05) is 92.7 Å². The third-order valence-electron chi connectivity index (χ3n) is 4.72. The molecule has 3 aromatic carbocycles. The van der Waals surface area contributed by atoms with E-state index in [2.05, 4.69) is 20.8 Å². The second-order valence-electron chi connectivity index (χ2n) is 7.04. The Bertz CT molecular complexity index is 1180. The van der Waals surface area contributed by atoms with Gasteiger partial charge in [-0.05, 0) is 54.1 Å². The van der Waals surface area contributed by atoms with E-state index in [1.54, 1.807) is 4.68 Å². The third-order valence-corrected chi connectivity index (χ3v) is 5.90. The minimum absolute atomic E-state index is 0.155. The average molecular weight is 446 g/mol. The first-order chi connectivity index (χ1) is 15.7. The van der Waals surface area contributed by atoms with Gasteiger partial charge in [0.15, 0.2) is 0 Å². The lowest BCUT2D eigenvalue weighted by molar-refractivity contribution is -0.115. The van der Waals surface area contributed by atoms with Crippen LogP contribution in [0.5, 0.6) is 5.75 Å². The fourth-order valence-electron chi connectivity index (χ4n) is 3.16. The lowest BCUT2D eigenvalue weighted by Crippen LogP contribution is -2.19. The molecule has 4 aromatic rings. The van der Waals surface area contributed by atoms with Gasteiger partial charge < -0.3 is 10.1 Å². The van der Waals surface area contributed by atoms with Gasteiger partial charge in [0, 0.05) is 5.69 Å². The Kier molecular flexibility index (Phi) is 6.81. The average Bonchev–Trinajstić information content (AvgIpc) is 3.28. The molecule has 162 valence electrons. The number of rotatable bonds is 8. The molecule has 8 heteroatoms. The number of para-hydroxylation sites is 2. The molecule has 7 nitrogen and oxygen atoms in total. The van der Waals surface area contributed by atoms with Gasteiger partial charge in [-0.2, -0.15) is 4.68 Å². The quantitative estimate of drug-likeness (QED) is 0.391. The lowest BCUT2D eigenvalue weighted by atomic mass is 10.1. The smallest absolute Gasteiger partial charge is 0.242 e. The number of tetrazole rings is 1. The molecule has 4 rings (SSSR count). The van der Waals surface area contributed by atoms with Crippen molar-refractivity contribution < 1.29 is 9.53 Å². The topological polar surface area (TPSA) is 81.9 Å². The van der Waals surface area contributed by atoms with Crippen molar-refractivity contribution in [3.05, 3.63) is 90.0 Å². The van der Waals surface area contributed by atoms with E-state index in [1.165, 1.54) is 11.8 Å². The number of nitrogens with one attached hydrogen (secondary N) is 1. The Hall–Kier alpha value is -3.65. The molecule has 0 saturated heterocycles. The third kappa shape index (κ3) is 4.97. The highest BCUT2D eigenvalue weighted by atomic mass is 32.2. The molecule has 32 heavy (non-hydrogen) atoms. The van der Waals surface area contributed by atoms with Crippen LogP contribution in [-0.4, -0.2) is 32.7 Å². The van der Waals surface area contributed by atoms with Crippen molar-refractivity contribution in [2.24, 2.45) is 0 Å². The van der Waals surface area contributed by atoms with E-state index in [-0.39, 0.29) is 5.91 Å². The van der Waals surface area contributed by atoms with Crippen molar-refractivity contribution in [1.82, 2.24) is 20.2 Å². The summed E-state index contributed by atoms with van der Waals surface area (Å²) in [5.41, 5.74) is 3.44. The van der Waals surface area contributed by atoms with Gasteiger partial charge in [-0.15, -0.1) is 5.10 Å². The number of ether oxygens (including phenoxy) is 1. The summed E-state index contributed by atoms with van der Waals surface area (Å²) in [5, 5.41) is 15.1. The predicted molar refractivity (Wildman–Crippen MR) is 125 cm³/mol. The molecule has 1 atom stereocenters. The minimum Gasteiger partial charge on any atom is -0.492 e. The predicted octanol–water partition coefficient (Wildman–Crippen LogP) is 4.84. The monoisotopic (exact) mass is 445 g/mol. The zero-order valence-corrected chi connectivity index (χ0v) is 18.6.